The molecule has 6 rings (SSSR count). The van der Waals surface area contributed by atoms with E-state index in [0.717, 1.165) is 55.4 Å². The van der Waals surface area contributed by atoms with Crippen molar-refractivity contribution in [2.45, 2.75) is 25.8 Å². The minimum Gasteiger partial charge on any atom is -0.378 e. The first kappa shape index (κ1) is 22.7. The van der Waals surface area contributed by atoms with E-state index >= 15 is 0 Å². The fraction of sp³-hybridized carbons (Fsp3) is 0.423. The van der Waals surface area contributed by atoms with Crippen LogP contribution in [0.1, 0.15) is 24.1 Å². The van der Waals surface area contributed by atoms with Gasteiger partial charge in [0.05, 0.1) is 25.5 Å². The number of amides is 2. The Bertz CT molecular complexity index is 1210. The Labute approximate surface area is 210 Å². The Hall–Kier alpha value is -3.79. The van der Waals surface area contributed by atoms with Crippen LogP contribution in [0.5, 0.6) is 0 Å². The molecule has 2 aromatic heterocycles. The first-order valence-corrected chi connectivity index (χ1v) is 12.6. The van der Waals surface area contributed by atoms with Crippen LogP contribution in [0.25, 0.3) is 11.4 Å². The number of morpholine rings is 1. The van der Waals surface area contributed by atoms with Crippen molar-refractivity contribution in [3.05, 3.63) is 54.0 Å². The highest BCUT2D eigenvalue weighted by atomic mass is 16.5. The molecule has 4 heterocycles. The predicted molar refractivity (Wildman–Crippen MR) is 137 cm³/mol. The molecule has 36 heavy (non-hydrogen) atoms. The SMILES string of the molecule is O=C(NCC1CC1)Nc1ccc(-c2nc3c(c(N4CCOCC4)n2)CCN(c2ncccn2)C3)cc1. The van der Waals surface area contributed by atoms with Gasteiger partial charge in [0.15, 0.2) is 5.82 Å². The van der Waals surface area contributed by atoms with Gasteiger partial charge in [0, 0.05) is 55.4 Å². The molecule has 2 N–H and O–H groups in total. The molecule has 10 nitrogen and oxygen atoms in total. The van der Waals surface area contributed by atoms with Crippen molar-refractivity contribution >= 4 is 23.5 Å². The highest BCUT2D eigenvalue weighted by molar-refractivity contribution is 5.89. The first-order valence-electron chi connectivity index (χ1n) is 12.6. The Morgan fingerprint density at radius 3 is 2.53 bits per heavy atom. The summed E-state index contributed by atoms with van der Waals surface area (Å²) < 4.78 is 5.58. The van der Waals surface area contributed by atoms with Crippen LogP contribution in [0.2, 0.25) is 0 Å². The number of nitrogens with one attached hydrogen (secondary N) is 2. The van der Waals surface area contributed by atoms with Crippen LogP contribution in [-0.2, 0) is 17.7 Å². The molecule has 3 aromatic rings. The fourth-order valence-corrected chi connectivity index (χ4v) is 4.64. The van der Waals surface area contributed by atoms with Crippen molar-refractivity contribution in [3.8, 4) is 11.4 Å². The van der Waals surface area contributed by atoms with E-state index in [1.165, 1.54) is 18.4 Å². The average molecular weight is 487 g/mol. The molecule has 0 atom stereocenters. The lowest BCUT2D eigenvalue weighted by atomic mass is 10.0. The summed E-state index contributed by atoms with van der Waals surface area (Å²) >= 11 is 0. The number of anilines is 3. The van der Waals surface area contributed by atoms with Gasteiger partial charge in [-0.1, -0.05) is 0 Å². The third-order valence-electron chi connectivity index (χ3n) is 6.84. The number of rotatable bonds is 6. The minimum atomic E-state index is -0.169. The summed E-state index contributed by atoms with van der Waals surface area (Å²) in [5.74, 6) is 3.03. The van der Waals surface area contributed by atoms with Gasteiger partial charge in [-0.2, -0.15) is 0 Å². The van der Waals surface area contributed by atoms with Crippen LogP contribution < -0.4 is 20.4 Å². The van der Waals surface area contributed by atoms with E-state index in [1.807, 2.05) is 30.3 Å². The van der Waals surface area contributed by atoms with Gasteiger partial charge in [-0.25, -0.2) is 24.7 Å². The largest absolute Gasteiger partial charge is 0.378 e. The van der Waals surface area contributed by atoms with Crippen LogP contribution >= 0.6 is 0 Å². The number of benzene rings is 1. The summed E-state index contributed by atoms with van der Waals surface area (Å²) in [5, 5.41) is 5.84. The second kappa shape index (κ2) is 10.1. The number of ether oxygens (including phenoxy) is 1. The number of carbonyl (C=O) groups excluding carboxylic acids is 1. The summed E-state index contributed by atoms with van der Waals surface area (Å²) in [5.41, 5.74) is 3.84. The Kier molecular flexibility index (Phi) is 6.33. The fourth-order valence-electron chi connectivity index (χ4n) is 4.64. The van der Waals surface area contributed by atoms with Crippen molar-refractivity contribution in [1.29, 1.82) is 0 Å². The maximum Gasteiger partial charge on any atom is 0.319 e. The van der Waals surface area contributed by atoms with Gasteiger partial charge >= 0.3 is 6.03 Å². The number of aromatic nitrogens is 4. The number of carbonyl (C=O) groups is 1. The van der Waals surface area contributed by atoms with E-state index in [-0.39, 0.29) is 6.03 Å². The number of fused-ring (bicyclic) bond motifs is 1. The molecule has 2 fully saturated rings. The molecule has 0 radical (unpaired) electrons. The zero-order chi connectivity index (χ0) is 24.3. The van der Waals surface area contributed by atoms with E-state index in [9.17, 15) is 4.79 Å². The molecule has 1 saturated heterocycles. The van der Waals surface area contributed by atoms with Gasteiger partial charge in [-0.3, -0.25) is 0 Å². The van der Waals surface area contributed by atoms with Gasteiger partial charge in [-0.15, -0.1) is 0 Å². The summed E-state index contributed by atoms with van der Waals surface area (Å²) in [6.45, 7) is 5.21. The summed E-state index contributed by atoms with van der Waals surface area (Å²) in [6, 6.07) is 9.37. The topological polar surface area (TPSA) is 108 Å². The predicted octanol–water partition coefficient (Wildman–Crippen LogP) is 2.86. The van der Waals surface area contributed by atoms with Crippen LogP contribution in [-0.4, -0.2) is 65.4 Å². The highest BCUT2D eigenvalue weighted by Gasteiger charge is 2.27. The van der Waals surface area contributed by atoms with Crippen molar-refractivity contribution in [2.75, 3.05) is 54.5 Å². The van der Waals surface area contributed by atoms with E-state index < -0.39 is 0 Å². The van der Waals surface area contributed by atoms with Gasteiger partial charge < -0.3 is 25.2 Å². The van der Waals surface area contributed by atoms with Gasteiger partial charge in [0.25, 0.3) is 0 Å². The van der Waals surface area contributed by atoms with E-state index in [1.54, 1.807) is 12.4 Å². The molecule has 186 valence electrons. The Morgan fingerprint density at radius 1 is 1.00 bits per heavy atom. The molecular formula is C26H30N8O2. The molecule has 3 aliphatic rings. The van der Waals surface area contributed by atoms with Crippen molar-refractivity contribution in [2.24, 2.45) is 5.92 Å². The minimum absolute atomic E-state index is 0.169. The number of urea groups is 1. The van der Waals surface area contributed by atoms with Gasteiger partial charge in [-0.05, 0) is 55.5 Å². The monoisotopic (exact) mass is 486 g/mol. The van der Waals surface area contributed by atoms with E-state index in [4.69, 9.17) is 14.7 Å². The smallest absolute Gasteiger partial charge is 0.319 e. The van der Waals surface area contributed by atoms with E-state index in [2.05, 4.69) is 30.4 Å². The van der Waals surface area contributed by atoms with Crippen molar-refractivity contribution in [1.82, 2.24) is 25.3 Å². The second-order valence-corrected chi connectivity index (χ2v) is 9.47. The number of nitrogens with zero attached hydrogens (tertiary/aromatic N) is 6. The quantitative estimate of drug-likeness (QED) is 0.548. The molecular weight excluding hydrogens is 456 g/mol. The first-order chi connectivity index (χ1) is 17.7. The number of hydrogen-bond donors (Lipinski definition) is 2. The maximum absolute atomic E-state index is 12.2. The zero-order valence-electron chi connectivity index (χ0n) is 20.2. The molecule has 1 aliphatic carbocycles. The Morgan fingerprint density at radius 2 is 1.78 bits per heavy atom. The third kappa shape index (κ3) is 5.08. The lowest BCUT2D eigenvalue weighted by Crippen LogP contribution is -2.39. The highest BCUT2D eigenvalue weighted by Crippen LogP contribution is 2.31. The van der Waals surface area contributed by atoms with Crippen LogP contribution in [0.15, 0.2) is 42.7 Å². The van der Waals surface area contributed by atoms with Crippen LogP contribution in [0.4, 0.5) is 22.2 Å². The van der Waals surface area contributed by atoms with Crippen molar-refractivity contribution in [3.63, 3.8) is 0 Å². The number of hydrogen-bond acceptors (Lipinski definition) is 8. The zero-order valence-corrected chi connectivity index (χ0v) is 20.2. The summed E-state index contributed by atoms with van der Waals surface area (Å²) in [7, 11) is 0. The average Bonchev–Trinajstić information content (AvgIpc) is 3.77. The summed E-state index contributed by atoms with van der Waals surface area (Å²) in [4.78, 5) is 35.5. The third-order valence-corrected chi connectivity index (χ3v) is 6.84. The molecule has 2 amide bonds. The van der Waals surface area contributed by atoms with Crippen LogP contribution in [0, 0.1) is 5.92 Å². The van der Waals surface area contributed by atoms with Gasteiger partial charge in [0.1, 0.15) is 5.82 Å². The lowest BCUT2D eigenvalue weighted by molar-refractivity contribution is 0.122. The molecule has 0 bridgehead atoms. The molecule has 1 saturated carbocycles. The molecule has 10 heteroatoms. The Balaban J connectivity index is 1.26. The summed E-state index contributed by atoms with van der Waals surface area (Å²) in [6.07, 6.45) is 6.78. The molecule has 1 aromatic carbocycles. The van der Waals surface area contributed by atoms with Crippen LogP contribution in [0.3, 0.4) is 0 Å². The van der Waals surface area contributed by atoms with Crippen molar-refractivity contribution < 1.29 is 9.53 Å². The maximum atomic E-state index is 12.2. The second-order valence-electron chi connectivity index (χ2n) is 9.47. The normalized spacial score (nSPS) is 17.4. The molecule has 0 spiro atoms. The van der Waals surface area contributed by atoms with E-state index in [0.29, 0.717) is 37.4 Å². The van der Waals surface area contributed by atoms with Gasteiger partial charge in [0.2, 0.25) is 5.95 Å². The molecule has 0 unspecified atom stereocenters. The standard InChI is InChI=1S/C26H30N8O2/c35-26(29-16-18-2-3-18)30-20-6-4-19(5-7-20)23-31-22-17-34(25-27-9-1-10-28-25)11-8-21(22)24(32-23)33-12-14-36-15-13-33/h1,4-7,9-10,18H,2-3,8,11-17H2,(H2,29,30,35). The molecule has 2 aliphatic heterocycles. The lowest BCUT2D eigenvalue weighted by Gasteiger charge is -2.34.